The summed E-state index contributed by atoms with van der Waals surface area (Å²) in [5.74, 6) is 0.682. The lowest BCUT2D eigenvalue weighted by molar-refractivity contribution is 0.0508. The zero-order valence-corrected chi connectivity index (χ0v) is 12.7. The van der Waals surface area contributed by atoms with Crippen LogP contribution >= 0.6 is 0 Å². The molecule has 1 N–H and O–H groups in total. The topological polar surface area (TPSA) is 56.5 Å². The number of likely N-dealkylation sites (N-methyl/N-ethyl adjacent to an activating group) is 1. The van der Waals surface area contributed by atoms with Crippen molar-refractivity contribution in [1.29, 1.82) is 5.26 Å². The molecular formula is C18H18N2O2. The number of rotatable bonds is 2. The minimum atomic E-state index is -1.17. The SMILES string of the molecule is CN(C)CC1(O)c2ccc(C#N)cc2COc2ccccc21. The molecular weight excluding hydrogens is 276 g/mol. The molecule has 0 bridgehead atoms. The Bertz CT molecular complexity index is 749. The monoisotopic (exact) mass is 294 g/mol. The van der Waals surface area contributed by atoms with Crippen molar-refractivity contribution in [3.63, 3.8) is 0 Å². The molecule has 4 heteroatoms. The van der Waals surface area contributed by atoms with Crippen LogP contribution in [0.15, 0.2) is 42.5 Å². The van der Waals surface area contributed by atoms with E-state index in [2.05, 4.69) is 6.07 Å². The molecule has 0 aromatic heterocycles. The van der Waals surface area contributed by atoms with E-state index < -0.39 is 5.60 Å². The van der Waals surface area contributed by atoms with Crippen LogP contribution in [-0.2, 0) is 12.2 Å². The van der Waals surface area contributed by atoms with Gasteiger partial charge in [-0.2, -0.15) is 5.26 Å². The van der Waals surface area contributed by atoms with E-state index >= 15 is 0 Å². The van der Waals surface area contributed by atoms with Crippen LogP contribution in [0.2, 0.25) is 0 Å². The maximum absolute atomic E-state index is 11.5. The van der Waals surface area contributed by atoms with Gasteiger partial charge in [0.2, 0.25) is 0 Å². The lowest BCUT2D eigenvalue weighted by Gasteiger charge is -2.32. The highest BCUT2D eigenvalue weighted by Crippen LogP contribution is 2.41. The Balaban J connectivity index is 2.24. The second-order valence-electron chi connectivity index (χ2n) is 5.87. The predicted molar refractivity (Wildman–Crippen MR) is 83.5 cm³/mol. The summed E-state index contributed by atoms with van der Waals surface area (Å²) < 4.78 is 5.86. The highest BCUT2D eigenvalue weighted by molar-refractivity contribution is 5.51. The minimum absolute atomic E-state index is 0.345. The summed E-state index contributed by atoms with van der Waals surface area (Å²) in [7, 11) is 3.85. The van der Waals surface area contributed by atoms with Gasteiger partial charge in [0.05, 0.1) is 11.6 Å². The summed E-state index contributed by atoms with van der Waals surface area (Å²) in [6, 6.07) is 15.1. The van der Waals surface area contributed by atoms with Crippen molar-refractivity contribution >= 4 is 0 Å². The van der Waals surface area contributed by atoms with Crippen LogP contribution in [-0.4, -0.2) is 30.6 Å². The smallest absolute Gasteiger partial charge is 0.131 e. The molecule has 0 saturated heterocycles. The number of ether oxygens (including phenoxy) is 1. The number of aliphatic hydroxyl groups is 1. The molecule has 1 atom stereocenters. The number of nitriles is 1. The van der Waals surface area contributed by atoms with E-state index in [0.29, 0.717) is 24.5 Å². The average molecular weight is 294 g/mol. The normalized spacial score (nSPS) is 19.6. The Morgan fingerprint density at radius 2 is 2.00 bits per heavy atom. The molecule has 1 aliphatic rings. The number of para-hydroxylation sites is 1. The van der Waals surface area contributed by atoms with E-state index in [1.54, 1.807) is 12.1 Å². The van der Waals surface area contributed by atoms with Crippen LogP contribution in [0.4, 0.5) is 0 Å². The quantitative estimate of drug-likeness (QED) is 0.923. The Morgan fingerprint density at radius 3 is 2.73 bits per heavy atom. The molecule has 0 amide bonds. The van der Waals surface area contributed by atoms with Crippen LogP contribution < -0.4 is 4.74 Å². The van der Waals surface area contributed by atoms with Gasteiger partial charge < -0.3 is 14.7 Å². The maximum atomic E-state index is 11.5. The van der Waals surface area contributed by atoms with Gasteiger partial charge in [-0.15, -0.1) is 0 Å². The summed E-state index contributed by atoms with van der Waals surface area (Å²) in [6.07, 6.45) is 0. The highest BCUT2D eigenvalue weighted by atomic mass is 16.5. The van der Waals surface area contributed by atoms with Crippen LogP contribution in [0.25, 0.3) is 0 Å². The molecule has 4 nitrogen and oxygen atoms in total. The van der Waals surface area contributed by atoms with Crippen molar-refractivity contribution < 1.29 is 9.84 Å². The standard InChI is InChI=1S/C18H18N2O2/c1-20(2)12-18(21)15-8-7-13(10-19)9-14(15)11-22-17-6-4-3-5-16(17)18/h3-9,21H,11-12H2,1-2H3. The number of fused-ring (bicyclic) bond motifs is 2. The van der Waals surface area contributed by atoms with Gasteiger partial charge in [0.1, 0.15) is 18.0 Å². The van der Waals surface area contributed by atoms with E-state index in [4.69, 9.17) is 10.00 Å². The van der Waals surface area contributed by atoms with E-state index in [-0.39, 0.29) is 0 Å². The van der Waals surface area contributed by atoms with Gasteiger partial charge in [0, 0.05) is 12.1 Å². The van der Waals surface area contributed by atoms with Crippen LogP contribution in [0.5, 0.6) is 5.75 Å². The summed E-state index contributed by atoms with van der Waals surface area (Å²) in [5, 5.41) is 20.6. The molecule has 1 aliphatic heterocycles. The van der Waals surface area contributed by atoms with Crippen LogP contribution in [0.3, 0.4) is 0 Å². The molecule has 0 radical (unpaired) electrons. The number of benzene rings is 2. The first-order chi connectivity index (χ1) is 10.5. The zero-order valence-electron chi connectivity index (χ0n) is 12.7. The minimum Gasteiger partial charge on any atom is -0.488 e. The molecule has 2 aromatic carbocycles. The summed E-state index contributed by atoms with van der Waals surface area (Å²) in [6.45, 7) is 0.782. The van der Waals surface area contributed by atoms with Crippen LogP contribution in [0, 0.1) is 11.3 Å². The Labute approximate surface area is 130 Å². The van der Waals surface area contributed by atoms with E-state index in [1.165, 1.54) is 0 Å². The number of nitrogens with zero attached hydrogens (tertiary/aromatic N) is 2. The Morgan fingerprint density at radius 1 is 1.23 bits per heavy atom. The fraction of sp³-hybridized carbons (Fsp3) is 0.278. The first-order valence-corrected chi connectivity index (χ1v) is 7.17. The van der Waals surface area contributed by atoms with Gasteiger partial charge in [0.15, 0.2) is 0 Å². The Hall–Kier alpha value is -2.35. The summed E-state index contributed by atoms with van der Waals surface area (Å²) in [5.41, 5.74) is 1.80. The first kappa shape index (κ1) is 14.6. The summed E-state index contributed by atoms with van der Waals surface area (Å²) >= 11 is 0. The van der Waals surface area contributed by atoms with Crippen molar-refractivity contribution in [3.05, 3.63) is 64.7 Å². The zero-order chi connectivity index (χ0) is 15.7. The summed E-state index contributed by atoms with van der Waals surface area (Å²) in [4.78, 5) is 1.95. The second-order valence-corrected chi connectivity index (χ2v) is 5.87. The third kappa shape index (κ3) is 2.35. The van der Waals surface area contributed by atoms with E-state index in [9.17, 15) is 5.11 Å². The molecule has 0 aliphatic carbocycles. The fourth-order valence-electron chi connectivity index (χ4n) is 3.05. The predicted octanol–water partition coefficient (Wildman–Crippen LogP) is 2.25. The molecule has 0 fully saturated rings. The fourth-order valence-corrected chi connectivity index (χ4v) is 3.05. The maximum Gasteiger partial charge on any atom is 0.131 e. The lowest BCUT2D eigenvalue weighted by Crippen LogP contribution is -2.39. The van der Waals surface area contributed by atoms with Crippen LogP contribution in [0.1, 0.15) is 22.3 Å². The van der Waals surface area contributed by atoms with Gasteiger partial charge in [-0.3, -0.25) is 0 Å². The van der Waals surface area contributed by atoms with Gasteiger partial charge >= 0.3 is 0 Å². The molecule has 112 valence electrons. The third-order valence-electron chi connectivity index (χ3n) is 3.94. The lowest BCUT2D eigenvalue weighted by atomic mass is 9.83. The van der Waals surface area contributed by atoms with Gasteiger partial charge in [0.25, 0.3) is 0 Å². The van der Waals surface area contributed by atoms with E-state index in [0.717, 1.165) is 16.7 Å². The second kappa shape index (κ2) is 5.45. The molecule has 2 aromatic rings. The highest BCUT2D eigenvalue weighted by Gasteiger charge is 2.38. The molecule has 0 spiro atoms. The number of hydrogen-bond acceptors (Lipinski definition) is 4. The molecule has 0 saturated carbocycles. The molecule has 22 heavy (non-hydrogen) atoms. The molecule has 1 heterocycles. The van der Waals surface area contributed by atoms with E-state index in [1.807, 2.05) is 49.3 Å². The van der Waals surface area contributed by atoms with Gasteiger partial charge in [-0.25, -0.2) is 0 Å². The van der Waals surface area contributed by atoms with Crippen molar-refractivity contribution in [2.75, 3.05) is 20.6 Å². The van der Waals surface area contributed by atoms with Crippen molar-refractivity contribution in [3.8, 4) is 11.8 Å². The first-order valence-electron chi connectivity index (χ1n) is 7.17. The molecule has 1 unspecified atom stereocenters. The Kier molecular flexibility index (Phi) is 3.61. The average Bonchev–Trinajstić information content (AvgIpc) is 2.62. The van der Waals surface area contributed by atoms with Crippen molar-refractivity contribution in [2.24, 2.45) is 0 Å². The molecule has 3 rings (SSSR count). The van der Waals surface area contributed by atoms with Crippen molar-refractivity contribution in [2.45, 2.75) is 12.2 Å². The largest absolute Gasteiger partial charge is 0.488 e. The third-order valence-corrected chi connectivity index (χ3v) is 3.94. The number of hydrogen-bond donors (Lipinski definition) is 1. The van der Waals surface area contributed by atoms with Gasteiger partial charge in [-0.05, 0) is 43.4 Å². The van der Waals surface area contributed by atoms with Gasteiger partial charge in [-0.1, -0.05) is 24.3 Å². The van der Waals surface area contributed by atoms with Crippen molar-refractivity contribution in [1.82, 2.24) is 4.90 Å².